The van der Waals surface area contributed by atoms with Crippen LogP contribution in [-0.4, -0.2) is 12.6 Å². The van der Waals surface area contributed by atoms with E-state index in [0.29, 0.717) is 12.1 Å². The van der Waals surface area contributed by atoms with E-state index in [1.54, 1.807) is 0 Å². The zero-order chi connectivity index (χ0) is 14.9. The van der Waals surface area contributed by atoms with Gasteiger partial charge in [-0.1, -0.05) is 44.9 Å². The standard InChI is InChI=1S/C19H31NO/c1-3-15-20-18(4-2)17-13-9-10-14-19(17)21-16-11-7-5-6-8-12-16/h9-10,13-14,16,18,20H,3-8,11-12,15H2,1-2H3. The molecule has 0 heterocycles. The number of hydrogen-bond donors (Lipinski definition) is 1. The van der Waals surface area contributed by atoms with Crippen LogP contribution < -0.4 is 10.1 Å². The molecule has 1 unspecified atom stereocenters. The van der Waals surface area contributed by atoms with Crippen molar-refractivity contribution in [2.24, 2.45) is 0 Å². The van der Waals surface area contributed by atoms with Crippen LogP contribution >= 0.6 is 0 Å². The van der Waals surface area contributed by atoms with Crippen LogP contribution in [0.4, 0.5) is 0 Å². The van der Waals surface area contributed by atoms with E-state index in [2.05, 4.69) is 43.4 Å². The maximum Gasteiger partial charge on any atom is 0.124 e. The highest BCUT2D eigenvalue weighted by Gasteiger charge is 2.18. The van der Waals surface area contributed by atoms with Crippen molar-refractivity contribution in [2.75, 3.05) is 6.54 Å². The second kappa shape index (κ2) is 9.09. The fourth-order valence-corrected chi connectivity index (χ4v) is 3.21. The Labute approximate surface area is 130 Å². The second-order valence-electron chi connectivity index (χ2n) is 6.18. The van der Waals surface area contributed by atoms with Crippen LogP contribution in [0.3, 0.4) is 0 Å². The number of benzene rings is 1. The van der Waals surface area contributed by atoms with Gasteiger partial charge in [0.1, 0.15) is 5.75 Å². The molecule has 1 fully saturated rings. The van der Waals surface area contributed by atoms with Crippen LogP contribution in [-0.2, 0) is 0 Å². The van der Waals surface area contributed by atoms with Gasteiger partial charge in [0.05, 0.1) is 6.10 Å². The van der Waals surface area contributed by atoms with Crippen LogP contribution in [0.1, 0.15) is 76.8 Å². The number of hydrogen-bond acceptors (Lipinski definition) is 2. The summed E-state index contributed by atoms with van der Waals surface area (Å²) < 4.78 is 6.39. The van der Waals surface area contributed by atoms with E-state index >= 15 is 0 Å². The van der Waals surface area contributed by atoms with E-state index in [0.717, 1.165) is 18.7 Å². The Morgan fingerprint density at radius 3 is 2.48 bits per heavy atom. The lowest BCUT2D eigenvalue weighted by atomic mass is 10.0. The molecule has 0 bridgehead atoms. The summed E-state index contributed by atoms with van der Waals surface area (Å²) in [5.74, 6) is 1.10. The van der Waals surface area contributed by atoms with E-state index in [1.807, 2.05) is 0 Å². The number of para-hydroxylation sites is 1. The SMILES string of the molecule is CCCNC(CC)c1ccccc1OC1CCCCCC1. The first kappa shape index (κ1) is 16.4. The summed E-state index contributed by atoms with van der Waals surface area (Å²) in [6.45, 7) is 5.53. The van der Waals surface area contributed by atoms with Crippen LogP contribution in [0.25, 0.3) is 0 Å². The van der Waals surface area contributed by atoms with Crippen LogP contribution in [0.15, 0.2) is 24.3 Å². The van der Waals surface area contributed by atoms with Crippen molar-refractivity contribution >= 4 is 0 Å². The highest BCUT2D eigenvalue weighted by molar-refractivity contribution is 5.36. The van der Waals surface area contributed by atoms with Gasteiger partial charge in [0.2, 0.25) is 0 Å². The summed E-state index contributed by atoms with van der Waals surface area (Å²) >= 11 is 0. The van der Waals surface area contributed by atoms with E-state index < -0.39 is 0 Å². The molecule has 1 aliphatic carbocycles. The minimum atomic E-state index is 0.409. The van der Waals surface area contributed by atoms with Gasteiger partial charge in [-0.05, 0) is 51.1 Å². The largest absolute Gasteiger partial charge is 0.490 e. The Kier molecular flexibility index (Phi) is 7.08. The topological polar surface area (TPSA) is 21.3 Å². The molecule has 1 aliphatic rings. The first-order chi connectivity index (χ1) is 10.3. The Bertz CT molecular complexity index is 396. The summed E-state index contributed by atoms with van der Waals surface area (Å²) in [4.78, 5) is 0. The van der Waals surface area contributed by atoms with Gasteiger partial charge in [0.15, 0.2) is 0 Å². The first-order valence-corrected chi connectivity index (χ1v) is 8.84. The molecule has 0 radical (unpaired) electrons. The fourth-order valence-electron chi connectivity index (χ4n) is 3.21. The van der Waals surface area contributed by atoms with Crippen molar-refractivity contribution in [1.82, 2.24) is 5.32 Å². The van der Waals surface area contributed by atoms with Crippen LogP contribution in [0.5, 0.6) is 5.75 Å². The molecule has 1 atom stereocenters. The molecule has 2 rings (SSSR count). The third kappa shape index (κ3) is 5.03. The van der Waals surface area contributed by atoms with Gasteiger partial charge in [-0.15, -0.1) is 0 Å². The number of rotatable bonds is 7. The van der Waals surface area contributed by atoms with E-state index in [-0.39, 0.29) is 0 Å². The monoisotopic (exact) mass is 289 g/mol. The summed E-state index contributed by atoms with van der Waals surface area (Å²) in [5.41, 5.74) is 1.33. The normalized spacial score (nSPS) is 18.2. The predicted octanol–water partition coefficient (Wildman–Crippen LogP) is 5.24. The van der Waals surface area contributed by atoms with Gasteiger partial charge >= 0.3 is 0 Å². The van der Waals surface area contributed by atoms with Crippen molar-refractivity contribution in [3.63, 3.8) is 0 Å². The molecule has 2 heteroatoms. The smallest absolute Gasteiger partial charge is 0.124 e. The summed E-state index contributed by atoms with van der Waals surface area (Å²) in [5, 5.41) is 3.65. The van der Waals surface area contributed by atoms with E-state index in [9.17, 15) is 0 Å². The average molecular weight is 289 g/mol. The molecule has 118 valence electrons. The minimum absolute atomic E-state index is 0.409. The minimum Gasteiger partial charge on any atom is -0.490 e. The number of ether oxygens (including phenoxy) is 1. The Morgan fingerprint density at radius 2 is 1.81 bits per heavy atom. The molecule has 0 saturated heterocycles. The molecule has 2 nitrogen and oxygen atoms in total. The predicted molar refractivity (Wildman–Crippen MR) is 89.9 cm³/mol. The molecule has 1 aromatic rings. The maximum atomic E-state index is 6.39. The lowest BCUT2D eigenvalue weighted by Crippen LogP contribution is -2.23. The molecule has 0 aliphatic heterocycles. The van der Waals surface area contributed by atoms with Gasteiger partial charge in [-0.3, -0.25) is 0 Å². The van der Waals surface area contributed by atoms with Crippen LogP contribution in [0, 0.1) is 0 Å². The van der Waals surface area contributed by atoms with Crippen molar-refractivity contribution in [3.05, 3.63) is 29.8 Å². The highest BCUT2D eigenvalue weighted by atomic mass is 16.5. The maximum absolute atomic E-state index is 6.39. The van der Waals surface area contributed by atoms with Gasteiger partial charge in [-0.25, -0.2) is 0 Å². The lowest BCUT2D eigenvalue weighted by Gasteiger charge is -2.24. The third-order valence-electron chi connectivity index (χ3n) is 4.44. The zero-order valence-electron chi connectivity index (χ0n) is 13.7. The quantitative estimate of drug-likeness (QED) is 0.693. The fraction of sp³-hybridized carbons (Fsp3) is 0.684. The highest BCUT2D eigenvalue weighted by Crippen LogP contribution is 2.30. The Morgan fingerprint density at radius 1 is 1.10 bits per heavy atom. The summed E-state index contributed by atoms with van der Waals surface area (Å²) in [6, 6.07) is 9.01. The molecular weight excluding hydrogens is 258 g/mol. The van der Waals surface area contributed by atoms with E-state index in [1.165, 1.54) is 50.5 Å². The third-order valence-corrected chi connectivity index (χ3v) is 4.44. The van der Waals surface area contributed by atoms with E-state index in [4.69, 9.17) is 4.74 Å². The molecule has 0 spiro atoms. The molecule has 0 amide bonds. The molecule has 1 N–H and O–H groups in total. The first-order valence-electron chi connectivity index (χ1n) is 8.84. The molecule has 21 heavy (non-hydrogen) atoms. The van der Waals surface area contributed by atoms with Crippen molar-refractivity contribution in [2.45, 2.75) is 77.4 Å². The Balaban J connectivity index is 2.07. The molecule has 1 aromatic carbocycles. The van der Waals surface area contributed by atoms with Gasteiger partial charge in [0.25, 0.3) is 0 Å². The summed E-state index contributed by atoms with van der Waals surface area (Å²) in [6.07, 6.45) is 10.5. The van der Waals surface area contributed by atoms with Gasteiger partial charge < -0.3 is 10.1 Å². The van der Waals surface area contributed by atoms with Gasteiger partial charge in [-0.2, -0.15) is 0 Å². The van der Waals surface area contributed by atoms with Crippen molar-refractivity contribution in [3.8, 4) is 5.75 Å². The second-order valence-corrected chi connectivity index (χ2v) is 6.18. The molecular formula is C19H31NO. The van der Waals surface area contributed by atoms with Crippen molar-refractivity contribution < 1.29 is 4.74 Å². The average Bonchev–Trinajstić information content (AvgIpc) is 2.78. The lowest BCUT2D eigenvalue weighted by molar-refractivity contribution is 0.180. The molecule has 0 aromatic heterocycles. The zero-order valence-corrected chi connectivity index (χ0v) is 13.7. The Hall–Kier alpha value is -1.02. The van der Waals surface area contributed by atoms with Crippen molar-refractivity contribution in [1.29, 1.82) is 0 Å². The summed E-state index contributed by atoms with van der Waals surface area (Å²) in [7, 11) is 0. The number of nitrogens with one attached hydrogen (secondary N) is 1. The van der Waals surface area contributed by atoms with Gasteiger partial charge in [0, 0.05) is 11.6 Å². The van der Waals surface area contributed by atoms with Crippen LogP contribution in [0.2, 0.25) is 0 Å². The molecule has 1 saturated carbocycles.